The SMILES string of the molecule is CC(=O)Oc1c([N+](=O)[O-])c[n+]([O-])c2ccccc12. The summed E-state index contributed by atoms with van der Waals surface area (Å²) in [6.07, 6.45) is 0.778. The summed E-state index contributed by atoms with van der Waals surface area (Å²) >= 11 is 0. The van der Waals surface area contributed by atoms with E-state index in [1.165, 1.54) is 12.1 Å². The smallest absolute Gasteiger partial charge is 0.376 e. The van der Waals surface area contributed by atoms with Gasteiger partial charge in [-0.1, -0.05) is 12.1 Å². The summed E-state index contributed by atoms with van der Waals surface area (Å²) in [6.45, 7) is 1.14. The van der Waals surface area contributed by atoms with E-state index in [9.17, 15) is 20.1 Å². The fraction of sp³-hybridized carbons (Fsp3) is 0.0909. The molecule has 7 nitrogen and oxygen atoms in total. The molecule has 0 unspecified atom stereocenters. The summed E-state index contributed by atoms with van der Waals surface area (Å²) < 4.78 is 5.22. The molecule has 0 aliphatic heterocycles. The van der Waals surface area contributed by atoms with Gasteiger partial charge in [0.15, 0.2) is 0 Å². The molecular formula is C11H8N2O5. The molecule has 0 amide bonds. The van der Waals surface area contributed by atoms with Gasteiger partial charge in [0, 0.05) is 13.0 Å². The normalized spacial score (nSPS) is 10.3. The third kappa shape index (κ3) is 1.93. The van der Waals surface area contributed by atoms with E-state index in [-0.39, 0.29) is 16.7 Å². The summed E-state index contributed by atoms with van der Waals surface area (Å²) in [7, 11) is 0. The van der Waals surface area contributed by atoms with Crippen LogP contribution in [0.1, 0.15) is 6.92 Å². The van der Waals surface area contributed by atoms with Gasteiger partial charge < -0.3 is 9.94 Å². The molecule has 0 spiro atoms. The van der Waals surface area contributed by atoms with E-state index in [2.05, 4.69) is 0 Å². The Kier molecular flexibility index (Phi) is 2.80. The zero-order valence-electron chi connectivity index (χ0n) is 9.32. The Bertz CT molecular complexity index is 653. The summed E-state index contributed by atoms with van der Waals surface area (Å²) in [4.78, 5) is 21.1. The summed E-state index contributed by atoms with van der Waals surface area (Å²) in [6, 6.07) is 6.17. The highest BCUT2D eigenvalue weighted by molar-refractivity contribution is 5.88. The largest absolute Gasteiger partial charge is 0.618 e. The topological polar surface area (TPSA) is 96.4 Å². The number of carbonyl (C=O) groups excluding carboxylic acids is 1. The van der Waals surface area contributed by atoms with Gasteiger partial charge in [-0.25, -0.2) is 0 Å². The fourth-order valence-corrected chi connectivity index (χ4v) is 1.62. The standard InChI is InChI=1S/C11H8N2O5/c1-7(14)18-11-8-4-2-3-5-9(8)12(15)6-10(11)13(16)17/h2-6H,1H3. The summed E-state index contributed by atoms with van der Waals surface area (Å²) in [5.74, 6) is -0.901. The van der Waals surface area contributed by atoms with E-state index in [1.807, 2.05) is 0 Å². The summed E-state index contributed by atoms with van der Waals surface area (Å²) in [5, 5.41) is 22.7. The van der Waals surface area contributed by atoms with Gasteiger partial charge in [-0.15, -0.1) is 0 Å². The number of carbonyl (C=O) groups is 1. The number of nitrogens with zero attached hydrogens (tertiary/aromatic N) is 2. The number of pyridine rings is 1. The van der Waals surface area contributed by atoms with Crippen molar-refractivity contribution >= 4 is 22.6 Å². The molecule has 0 saturated carbocycles. The number of fused-ring (bicyclic) bond motifs is 1. The number of rotatable bonds is 2. The minimum atomic E-state index is -0.765. The van der Waals surface area contributed by atoms with E-state index in [1.54, 1.807) is 12.1 Å². The number of para-hydroxylation sites is 1. The molecule has 2 rings (SSSR count). The van der Waals surface area contributed by atoms with Gasteiger partial charge in [-0.2, -0.15) is 4.73 Å². The molecule has 0 bridgehead atoms. The van der Waals surface area contributed by atoms with Gasteiger partial charge in [-0.3, -0.25) is 14.9 Å². The zero-order valence-corrected chi connectivity index (χ0v) is 9.32. The van der Waals surface area contributed by atoms with Crippen molar-refractivity contribution in [2.75, 3.05) is 0 Å². The van der Waals surface area contributed by atoms with Crippen LogP contribution in [0, 0.1) is 15.3 Å². The van der Waals surface area contributed by atoms with Crippen LogP contribution in [0.3, 0.4) is 0 Å². The minimum Gasteiger partial charge on any atom is -0.618 e. The number of aromatic nitrogens is 1. The Labute approximate surface area is 101 Å². The third-order valence-electron chi connectivity index (χ3n) is 2.30. The molecule has 0 atom stereocenters. The van der Waals surface area contributed by atoms with Crippen molar-refractivity contribution in [3.05, 3.63) is 45.8 Å². The molecule has 1 aromatic carbocycles. The predicted octanol–water partition coefficient (Wildman–Crippen LogP) is 1.31. The van der Waals surface area contributed by atoms with Crippen molar-refractivity contribution in [3.63, 3.8) is 0 Å². The monoisotopic (exact) mass is 248 g/mol. The average Bonchev–Trinajstić information content (AvgIpc) is 2.32. The number of ether oxygens (including phenoxy) is 1. The summed E-state index contributed by atoms with van der Waals surface area (Å²) in [5.41, 5.74) is -0.349. The van der Waals surface area contributed by atoms with Crippen molar-refractivity contribution in [1.29, 1.82) is 0 Å². The number of hydrogen-bond donors (Lipinski definition) is 0. The van der Waals surface area contributed by atoms with Crippen LogP contribution in [0.25, 0.3) is 10.9 Å². The van der Waals surface area contributed by atoms with Crippen LogP contribution in [0.4, 0.5) is 5.69 Å². The van der Waals surface area contributed by atoms with Gasteiger partial charge in [0.25, 0.3) is 6.20 Å². The van der Waals surface area contributed by atoms with E-state index >= 15 is 0 Å². The van der Waals surface area contributed by atoms with Gasteiger partial charge in [0.2, 0.25) is 11.3 Å². The van der Waals surface area contributed by atoms with Crippen molar-refractivity contribution in [2.45, 2.75) is 6.92 Å². The molecule has 7 heteroatoms. The first-order valence-corrected chi connectivity index (χ1v) is 4.98. The van der Waals surface area contributed by atoms with Crippen LogP contribution in [-0.2, 0) is 4.79 Å². The van der Waals surface area contributed by atoms with Crippen molar-refractivity contribution in [3.8, 4) is 5.75 Å². The molecule has 0 saturated heterocycles. The van der Waals surface area contributed by atoms with Gasteiger partial charge >= 0.3 is 11.7 Å². The molecule has 0 aliphatic carbocycles. The Morgan fingerprint density at radius 3 is 2.67 bits per heavy atom. The Balaban J connectivity index is 2.83. The van der Waals surface area contributed by atoms with Gasteiger partial charge in [0.05, 0.1) is 10.3 Å². The molecule has 0 aliphatic rings. The molecule has 18 heavy (non-hydrogen) atoms. The van der Waals surface area contributed by atoms with Crippen molar-refractivity contribution < 1.29 is 19.2 Å². The van der Waals surface area contributed by atoms with Crippen molar-refractivity contribution in [1.82, 2.24) is 0 Å². The third-order valence-corrected chi connectivity index (χ3v) is 2.30. The van der Waals surface area contributed by atoms with E-state index in [0.717, 1.165) is 13.1 Å². The van der Waals surface area contributed by atoms with Gasteiger partial charge in [0.1, 0.15) is 0 Å². The molecule has 0 radical (unpaired) electrons. The van der Waals surface area contributed by atoms with E-state index in [0.29, 0.717) is 4.73 Å². The quantitative estimate of drug-likeness (QED) is 0.262. The highest BCUT2D eigenvalue weighted by Crippen LogP contribution is 2.32. The molecule has 0 N–H and O–H groups in total. The number of hydrogen-bond acceptors (Lipinski definition) is 5. The highest BCUT2D eigenvalue weighted by atomic mass is 16.6. The Morgan fingerprint density at radius 2 is 2.06 bits per heavy atom. The van der Waals surface area contributed by atoms with Crippen LogP contribution in [0.2, 0.25) is 0 Å². The fourth-order valence-electron chi connectivity index (χ4n) is 1.62. The van der Waals surface area contributed by atoms with Crippen molar-refractivity contribution in [2.24, 2.45) is 0 Å². The van der Waals surface area contributed by atoms with Crippen LogP contribution in [-0.4, -0.2) is 10.9 Å². The highest BCUT2D eigenvalue weighted by Gasteiger charge is 2.26. The van der Waals surface area contributed by atoms with Crippen LogP contribution < -0.4 is 9.47 Å². The van der Waals surface area contributed by atoms with Crippen LogP contribution in [0.15, 0.2) is 30.5 Å². The second kappa shape index (κ2) is 4.28. The van der Waals surface area contributed by atoms with Crippen LogP contribution in [0.5, 0.6) is 5.75 Å². The molecule has 1 heterocycles. The second-order valence-corrected chi connectivity index (χ2v) is 3.54. The zero-order chi connectivity index (χ0) is 13.3. The lowest BCUT2D eigenvalue weighted by Gasteiger charge is -2.07. The second-order valence-electron chi connectivity index (χ2n) is 3.54. The molecule has 0 fully saturated rings. The first-order chi connectivity index (χ1) is 8.50. The first kappa shape index (κ1) is 11.8. The lowest BCUT2D eigenvalue weighted by molar-refractivity contribution is -0.582. The Morgan fingerprint density at radius 1 is 1.39 bits per heavy atom. The maximum absolute atomic E-state index is 11.6. The molecule has 1 aromatic heterocycles. The number of benzene rings is 1. The first-order valence-electron chi connectivity index (χ1n) is 4.98. The molecular weight excluding hydrogens is 240 g/mol. The predicted molar refractivity (Wildman–Crippen MR) is 60.9 cm³/mol. The number of nitro groups is 1. The maximum Gasteiger partial charge on any atom is 0.376 e. The average molecular weight is 248 g/mol. The van der Waals surface area contributed by atoms with E-state index < -0.39 is 16.6 Å². The minimum absolute atomic E-state index is 0.194. The van der Waals surface area contributed by atoms with Gasteiger partial charge in [-0.05, 0) is 6.07 Å². The van der Waals surface area contributed by atoms with E-state index in [4.69, 9.17) is 4.74 Å². The maximum atomic E-state index is 11.6. The van der Waals surface area contributed by atoms with Crippen LogP contribution >= 0.6 is 0 Å². The molecule has 92 valence electrons. The molecule has 2 aromatic rings. The number of esters is 1. The lowest BCUT2D eigenvalue weighted by atomic mass is 10.2. The lowest BCUT2D eigenvalue weighted by Crippen LogP contribution is -2.27. The Hall–Kier alpha value is -2.70.